The molecule has 3 N–H and O–H groups in total. The monoisotopic (exact) mass is 321 g/mol. The number of nitrogens with zero attached hydrogens (tertiary/aromatic N) is 2. The van der Waals surface area contributed by atoms with Gasteiger partial charge in [-0.05, 0) is 19.9 Å². The first-order valence-corrected chi connectivity index (χ1v) is 7.54. The third kappa shape index (κ3) is 3.07. The predicted molar refractivity (Wildman–Crippen MR) is 82.6 cm³/mol. The molecule has 116 valence electrons. The first-order chi connectivity index (χ1) is 10.5. The van der Waals surface area contributed by atoms with Gasteiger partial charge in [0.2, 0.25) is 0 Å². The molecule has 22 heavy (non-hydrogen) atoms. The number of hydrogen-bond donors (Lipinski definition) is 3. The third-order valence-electron chi connectivity index (χ3n) is 3.12. The second kappa shape index (κ2) is 6.53. The van der Waals surface area contributed by atoms with Gasteiger partial charge >= 0.3 is 6.03 Å². The first-order valence-electron chi connectivity index (χ1n) is 6.66. The predicted octanol–water partition coefficient (Wildman–Crippen LogP) is 2.34. The Morgan fingerprint density at radius 2 is 2.36 bits per heavy atom. The summed E-state index contributed by atoms with van der Waals surface area (Å²) < 4.78 is 0. The van der Waals surface area contributed by atoms with Gasteiger partial charge in [-0.1, -0.05) is 11.8 Å². The van der Waals surface area contributed by atoms with Gasteiger partial charge in [-0.15, -0.1) is 0 Å². The molecule has 1 aliphatic heterocycles. The summed E-state index contributed by atoms with van der Waals surface area (Å²) >= 11 is 1.25. The van der Waals surface area contributed by atoms with E-state index < -0.39 is 16.3 Å². The zero-order chi connectivity index (χ0) is 16.3. The van der Waals surface area contributed by atoms with Crippen LogP contribution in [0, 0.1) is 21.4 Å². The summed E-state index contributed by atoms with van der Waals surface area (Å²) in [5, 5.41) is 28.7. The van der Waals surface area contributed by atoms with E-state index >= 15 is 0 Å². The molecular weight excluding hydrogens is 306 g/mol. The standard InChI is InChI=1S/C13H15N5O3S/c1-3-15-12(19)17-13-16-8-4-5-9(18(20)21)10(7(2)6-14)11(8)22-13/h4-5,7,13,16H,3H2,1-2H3,(H2,15,17,19). The fourth-order valence-corrected chi connectivity index (χ4v) is 3.41. The zero-order valence-corrected chi connectivity index (χ0v) is 12.9. The Hall–Kier alpha value is -2.47. The number of carbonyl (C=O) groups excluding carboxylic acids is 1. The van der Waals surface area contributed by atoms with E-state index in [0.717, 1.165) is 0 Å². The number of anilines is 1. The Labute approximate surface area is 131 Å². The van der Waals surface area contributed by atoms with Gasteiger partial charge in [0.15, 0.2) is 5.50 Å². The molecule has 9 heteroatoms. The fourth-order valence-electron chi connectivity index (χ4n) is 2.16. The van der Waals surface area contributed by atoms with Gasteiger partial charge in [0.1, 0.15) is 0 Å². The minimum atomic E-state index is -0.618. The van der Waals surface area contributed by atoms with Crippen LogP contribution < -0.4 is 16.0 Å². The van der Waals surface area contributed by atoms with Gasteiger partial charge in [-0.3, -0.25) is 10.1 Å². The second-order valence-corrected chi connectivity index (χ2v) is 5.74. The summed E-state index contributed by atoms with van der Waals surface area (Å²) in [4.78, 5) is 22.9. The van der Waals surface area contributed by atoms with Crippen molar-refractivity contribution in [3.8, 4) is 6.07 Å². The van der Waals surface area contributed by atoms with Gasteiger partial charge in [-0.25, -0.2) is 4.79 Å². The van der Waals surface area contributed by atoms with Crippen LogP contribution in [0.2, 0.25) is 0 Å². The van der Waals surface area contributed by atoms with E-state index in [1.807, 2.05) is 6.07 Å². The highest BCUT2D eigenvalue weighted by atomic mass is 32.2. The van der Waals surface area contributed by atoms with Gasteiger partial charge in [0.05, 0.1) is 28.2 Å². The van der Waals surface area contributed by atoms with E-state index in [1.54, 1.807) is 19.9 Å². The van der Waals surface area contributed by atoms with Crippen molar-refractivity contribution >= 4 is 29.2 Å². The molecule has 8 nitrogen and oxygen atoms in total. The Morgan fingerprint density at radius 3 is 2.95 bits per heavy atom. The quantitative estimate of drug-likeness (QED) is 0.578. The molecule has 2 amide bonds. The maximum atomic E-state index is 11.6. The molecule has 1 heterocycles. The van der Waals surface area contributed by atoms with Crippen LogP contribution in [-0.2, 0) is 0 Å². The number of amides is 2. The van der Waals surface area contributed by atoms with Crippen LogP contribution in [0.5, 0.6) is 0 Å². The number of nitro groups is 1. The number of nitro benzene ring substituents is 1. The minimum absolute atomic E-state index is 0.0826. The Kier molecular flexibility index (Phi) is 4.72. The summed E-state index contributed by atoms with van der Waals surface area (Å²) in [5.74, 6) is -0.618. The molecule has 2 atom stereocenters. The number of nitrogens with one attached hydrogen (secondary N) is 3. The zero-order valence-electron chi connectivity index (χ0n) is 12.0. The van der Waals surface area contributed by atoms with E-state index in [1.165, 1.54) is 17.8 Å². The number of hydrogen-bond acceptors (Lipinski definition) is 6. The molecular formula is C13H15N5O3S. The van der Waals surface area contributed by atoms with Crippen LogP contribution in [0.15, 0.2) is 17.0 Å². The van der Waals surface area contributed by atoms with Crippen LogP contribution in [0.4, 0.5) is 16.2 Å². The molecule has 0 radical (unpaired) electrons. The molecule has 0 aromatic heterocycles. The number of rotatable bonds is 4. The third-order valence-corrected chi connectivity index (χ3v) is 4.27. The molecule has 2 rings (SSSR count). The Bertz CT molecular complexity index is 658. The van der Waals surface area contributed by atoms with Crippen LogP contribution in [0.3, 0.4) is 0 Å². The molecule has 1 aliphatic rings. The normalized spacial score (nSPS) is 16.9. The van der Waals surface area contributed by atoms with E-state index in [4.69, 9.17) is 5.26 Å². The summed E-state index contributed by atoms with van der Waals surface area (Å²) in [6.07, 6.45) is 0. The summed E-state index contributed by atoms with van der Waals surface area (Å²) in [7, 11) is 0. The smallest absolute Gasteiger partial charge is 0.317 e. The van der Waals surface area contributed by atoms with Crippen molar-refractivity contribution in [3.63, 3.8) is 0 Å². The number of fused-ring (bicyclic) bond motifs is 1. The molecule has 1 aromatic rings. The van der Waals surface area contributed by atoms with E-state index in [9.17, 15) is 14.9 Å². The second-order valence-electron chi connectivity index (χ2n) is 4.63. The average Bonchev–Trinajstić information content (AvgIpc) is 2.87. The average molecular weight is 321 g/mol. The number of urea groups is 1. The molecule has 0 saturated heterocycles. The molecule has 0 saturated carbocycles. The molecule has 2 unspecified atom stereocenters. The van der Waals surface area contributed by atoms with Crippen molar-refractivity contribution in [3.05, 3.63) is 27.8 Å². The van der Waals surface area contributed by atoms with Crippen molar-refractivity contribution in [1.29, 1.82) is 5.26 Å². The first kappa shape index (κ1) is 15.9. The lowest BCUT2D eigenvalue weighted by atomic mass is 10.00. The maximum absolute atomic E-state index is 11.6. The van der Waals surface area contributed by atoms with Crippen molar-refractivity contribution in [2.45, 2.75) is 30.2 Å². The van der Waals surface area contributed by atoms with E-state index in [2.05, 4.69) is 16.0 Å². The van der Waals surface area contributed by atoms with Gasteiger partial charge in [0, 0.05) is 17.5 Å². The number of nitriles is 1. The molecule has 0 aliphatic carbocycles. The fraction of sp³-hybridized carbons (Fsp3) is 0.385. The summed E-state index contributed by atoms with van der Waals surface area (Å²) in [6, 6.07) is 4.68. The van der Waals surface area contributed by atoms with Crippen LogP contribution in [0.1, 0.15) is 25.3 Å². The lowest BCUT2D eigenvalue weighted by Gasteiger charge is -2.12. The van der Waals surface area contributed by atoms with Gasteiger partial charge < -0.3 is 16.0 Å². The highest BCUT2D eigenvalue weighted by molar-refractivity contribution is 8.00. The highest BCUT2D eigenvalue weighted by Crippen LogP contribution is 2.46. The number of benzene rings is 1. The van der Waals surface area contributed by atoms with E-state index in [0.29, 0.717) is 22.7 Å². The van der Waals surface area contributed by atoms with Crippen LogP contribution in [-0.4, -0.2) is 23.0 Å². The van der Waals surface area contributed by atoms with Crippen LogP contribution >= 0.6 is 11.8 Å². The van der Waals surface area contributed by atoms with Crippen molar-refractivity contribution in [2.75, 3.05) is 11.9 Å². The van der Waals surface area contributed by atoms with E-state index in [-0.39, 0.29) is 11.7 Å². The molecule has 0 fully saturated rings. The molecule has 0 bridgehead atoms. The summed E-state index contributed by atoms with van der Waals surface area (Å²) in [6.45, 7) is 3.92. The number of carbonyl (C=O) groups is 1. The maximum Gasteiger partial charge on any atom is 0.317 e. The Morgan fingerprint density at radius 1 is 1.64 bits per heavy atom. The van der Waals surface area contributed by atoms with Crippen molar-refractivity contribution < 1.29 is 9.72 Å². The van der Waals surface area contributed by atoms with Crippen molar-refractivity contribution in [1.82, 2.24) is 10.6 Å². The van der Waals surface area contributed by atoms with Gasteiger partial charge in [-0.2, -0.15) is 5.26 Å². The van der Waals surface area contributed by atoms with Crippen LogP contribution in [0.25, 0.3) is 0 Å². The molecule has 1 aromatic carbocycles. The lowest BCUT2D eigenvalue weighted by molar-refractivity contribution is -0.385. The Balaban J connectivity index is 2.32. The van der Waals surface area contributed by atoms with Gasteiger partial charge in [0.25, 0.3) is 5.69 Å². The topological polar surface area (TPSA) is 120 Å². The molecule has 0 spiro atoms. The van der Waals surface area contributed by atoms with Crippen molar-refractivity contribution in [2.24, 2.45) is 0 Å². The summed E-state index contributed by atoms with van der Waals surface area (Å²) in [5.41, 5.74) is 0.533. The lowest BCUT2D eigenvalue weighted by Crippen LogP contribution is -2.42. The SMILES string of the molecule is CCNC(=O)NC1Nc2ccc([N+](=O)[O-])c(C(C)C#N)c2S1. The minimum Gasteiger partial charge on any atom is -0.356 e. The largest absolute Gasteiger partial charge is 0.356 e. The number of thioether (sulfide) groups is 1. The highest BCUT2D eigenvalue weighted by Gasteiger charge is 2.32.